The Morgan fingerprint density at radius 3 is 3.00 bits per heavy atom. The van der Waals surface area contributed by atoms with Gasteiger partial charge in [-0.3, -0.25) is 4.90 Å². The Kier molecular flexibility index (Phi) is 5.40. The summed E-state index contributed by atoms with van der Waals surface area (Å²) >= 11 is 0. The Labute approximate surface area is 116 Å². The topological polar surface area (TPSA) is 38.5 Å². The zero-order chi connectivity index (χ0) is 13.7. The summed E-state index contributed by atoms with van der Waals surface area (Å²) in [5.41, 5.74) is 1.06. The highest BCUT2D eigenvalue weighted by atomic mass is 16.5. The van der Waals surface area contributed by atoms with E-state index < -0.39 is 0 Å². The molecule has 4 heteroatoms. The van der Waals surface area contributed by atoms with Crippen molar-refractivity contribution in [3.05, 3.63) is 17.5 Å². The average Bonchev–Trinajstić information content (AvgIpc) is 2.86. The van der Waals surface area contributed by atoms with Gasteiger partial charge in [-0.15, -0.1) is 0 Å². The van der Waals surface area contributed by atoms with Crippen LogP contribution in [0.25, 0.3) is 0 Å². The molecular formula is C15H26N2O2. The van der Waals surface area contributed by atoms with E-state index in [9.17, 15) is 0 Å². The van der Waals surface area contributed by atoms with Crippen LogP contribution < -0.4 is 0 Å². The van der Waals surface area contributed by atoms with E-state index in [1.165, 1.54) is 19.3 Å². The lowest BCUT2D eigenvalue weighted by molar-refractivity contribution is 0.0954. The van der Waals surface area contributed by atoms with Gasteiger partial charge in [0.2, 0.25) is 0 Å². The number of piperidine rings is 1. The van der Waals surface area contributed by atoms with Gasteiger partial charge in [-0.1, -0.05) is 25.4 Å². The minimum Gasteiger partial charge on any atom is -0.385 e. The van der Waals surface area contributed by atoms with Gasteiger partial charge < -0.3 is 9.26 Å². The maximum absolute atomic E-state index is 5.38. The van der Waals surface area contributed by atoms with Gasteiger partial charge in [0.25, 0.3) is 0 Å². The molecule has 2 heterocycles. The summed E-state index contributed by atoms with van der Waals surface area (Å²) in [5.74, 6) is 1.40. The van der Waals surface area contributed by atoms with Crippen molar-refractivity contribution in [1.82, 2.24) is 10.1 Å². The Balaban J connectivity index is 1.94. The molecule has 1 atom stereocenters. The lowest BCUT2D eigenvalue weighted by Crippen LogP contribution is -2.39. The highest BCUT2D eigenvalue weighted by molar-refractivity contribution is 5.08. The number of nitrogens with zero attached hydrogens (tertiary/aromatic N) is 2. The Morgan fingerprint density at radius 2 is 2.32 bits per heavy atom. The van der Waals surface area contributed by atoms with Crippen LogP contribution in [0.15, 0.2) is 10.6 Å². The number of aromatic nitrogens is 1. The van der Waals surface area contributed by atoms with Crippen molar-refractivity contribution in [2.24, 2.45) is 0 Å². The van der Waals surface area contributed by atoms with Crippen LogP contribution in [-0.4, -0.2) is 36.4 Å². The second kappa shape index (κ2) is 7.06. The summed E-state index contributed by atoms with van der Waals surface area (Å²) < 4.78 is 10.6. The molecule has 0 N–H and O–H groups in total. The van der Waals surface area contributed by atoms with Crippen LogP contribution in [0.5, 0.6) is 0 Å². The van der Waals surface area contributed by atoms with Gasteiger partial charge >= 0.3 is 0 Å². The highest BCUT2D eigenvalue weighted by Crippen LogP contribution is 2.23. The van der Waals surface area contributed by atoms with Crippen LogP contribution in [0, 0.1) is 0 Å². The fourth-order valence-electron chi connectivity index (χ4n) is 2.73. The normalized spacial score (nSPS) is 21.2. The largest absolute Gasteiger partial charge is 0.385 e. The molecule has 1 aromatic rings. The van der Waals surface area contributed by atoms with Crippen molar-refractivity contribution >= 4 is 0 Å². The number of ether oxygens (including phenoxy) is 1. The van der Waals surface area contributed by atoms with Crippen LogP contribution in [0.2, 0.25) is 0 Å². The van der Waals surface area contributed by atoms with Gasteiger partial charge in [0, 0.05) is 38.3 Å². The predicted octanol–water partition coefficient (Wildman–Crippen LogP) is 3.19. The molecule has 0 bridgehead atoms. The fourth-order valence-corrected chi connectivity index (χ4v) is 2.73. The van der Waals surface area contributed by atoms with Crippen LogP contribution >= 0.6 is 0 Å². The number of methoxy groups -OCH3 is 1. The summed E-state index contributed by atoms with van der Waals surface area (Å²) in [6, 6.07) is 2.74. The molecule has 108 valence electrons. The molecule has 1 saturated heterocycles. The van der Waals surface area contributed by atoms with Crippen molar-refractivity contribution in [2.45, 2.75) is 58.0 Å². The van der Waals surface area contributed by atoms with E-state index >= 15 is 0 Å². The summed E-state index contributed by atoms with van der Waals surface area (Å²) in [6.45, 7) is 7.18. The molecule has 0 amide bonds. The minimum absolute atomic E-state index is 0.409. The first kappa shape index (κ1) is 14.5. The van der Waals surface area contributed by atoms with E-state index in [0.29, 0.717) is 12.0 Å². The summed E-state index contributed by atoms with van der Waals surface area (Å²) in [7, 11) is 1.78. The van der Waals surface area contributed by atoms with E-state index in [4.69, 9.17) is 9.26 Å². The van der Waals surface area contributed by atoms with Gasteiger partial charge in [0.1, 0.15) is 5.76 Å². The third kappa shape index (κ3) is 4.05. The molecule has 0 aromatic carbocycles. The summed E-state index contributed by atoms with van der Waals surface area (Å²) in [6.07, 6.45) is 5.02. The van der Waals surface area contributed by atoms with Crippen LogP contribution in [0.1, 0.15) is 56.9 Å². The van der Waals surface area contributed by atoms with Gasteiger partial charge in [-0.25, -0.2) is 0 Å². The Bertz CT molecular complexity index is 376. The summed E-state index contributed by atoms with van der Waals surface area (Å²) in [4.78, 5) is 2.53. The fraction of sp³-hybridized carbons (Fsp3) is 0.800. The molecule has 0 spiro atoms. The van der Waals surface area contributed by atoms with Crippen molar-refractivity contribution < 1.29 is 9.26 Å². The first-order chi connectivity index (χ1) is 9.20. The first-order valence-electron chi connectivity index (χ1n) is 7.39. The van der Waals surface area contributed by atoms with Crippen molar-refractivity contribution in [2.75, 3.05) is 20.3 Å². The van der Waals surface area contributed by atoms with Crippen LogP contribution in [0.3, 0.4) is 0 Å². The maximum Gasteiger partial charge on any atom is 0.139 e. The van der Waals surface area contributed by atoms with Crippen molar-refractivity contribution in [3.8, 4) is 0 Å². The zero-order valence-electron chi connectivity index (χ0n) is 12.4. The lowest BCUT2D eigenvalue weighted by Gasteiger charge is -2.35. The van der Waals surface area contributed by atoms with E-state index in [0.717, 1.165) is 37.6 Å². The molecule has 19 heavy (non-hydrogen) atoms. The average molecular weight is 266 g/mol. The number of hydrogen-bond donors (Lipinski definition) is 0. The molecule has 1 aliphatic rings. The predicted molar refractivity (Wildman–Crippen MR) is 75.1 cm³/mol. The molecule has 0 aliphatic carbocycles. The number of likely N-dealkylation sites (tertiary alicyclic amines) is 1. The Morgan fingerprint density at radius 1 is 1.47 bits per heavy atom. The van der Waals surface area contributed by atoms with Gasteiger partial charge in [-0.05, 0) is 25.8 Å². The van der Waals surface area contributed by atoms with Gasteiger partial charge in [0.15, 0.2) is 0 Å². The Hall–Kier alpha value is -0.870. The molecule has 4 nitrogen and oxygen atoms in total. The van der Waals surface area contributed by atoms with Gasteiger partial charge in [-0.2, -0.15) is 0 Å². The standard InChI is InChI=1S/C15H26N2O2/c1-12(2)15-10-13(16-19-15)11-17-8-5-4-6-14(17)7-9-18-3/h10,12,14H,4-9,11H2,1-3H3/t14-/m1/s1. The van der Waals surface area contributed by atoms with E-state index in [-0.39, 0.29) is 0 Å². The molecular weight excluding hydrogens is 240 g/mol. The lowest BCUT2D eigenvalue weighted by atomic mass is 9.99. The second-order valence-electron chi connectivity index (χ2n) is 5.78. The molecule has 0 radical (unpaired) electrons. The molecule has 0 unspecified atom stereocenters. The smallest absolute Gasteiger partial charge is 0.139 e. The molecule has 1 fully saturated rings. The van der Waals surface area contributed by atoms with E-state index in [2.05, 4.69) is 30.0 Å². The number of rotatable bonds is 6. The van der Waals surface area contributed by atoms with Crippen molar-refractivity contribution in [3.63, 3.8) is 0 Å². The SMILES string of the molecule is COCC[C@H]1CCCCN1Cc1cc(C(C)C)on1. The van der Waals surface area contributed by atoms with Crippen LogP contribution in [0.4, 0.5) is 0 Å². The minimum atomic E-state index is 0.409. The second-order valence-corrected chi connectivity index (χ2v) is 5.78. The third-order valence-electron chi connectivity index (χ3n) is 3.92. The molecule has 1 aromatic heterocycles. The summed E-state index contributed by atoms with van der Waals surface area (Å²) in [5, 5.41) is 4.20. The van der Waals surface area contributed by atoms with Crippen LogP contribution in [-0.2, 0) is 11.3 Å². The van der Waals surface area contributed by atoms with E-state index in [1.54, 1.807) is 7.11 Å². The highest BCUT2D eigenvalue weighted by Gasteiger charge is 2.23. The van der Waals surface area contributed by atoms with Crippen molar-refractivity contribution in [1.29, 1.82) is 0 Å². The van der Waals surface area contributed by atoms with E-state index in [1.807, 2.05) is 0 Å². The zero-order valence-corrected chi connectivity index (χ0v) is 12.4. The molecule has 1 aliphatic heterocycles. The third-order valence-corrected chi connectivity index (χ3v) is 3.92. The molecule has 2 rings (SSSR count). The first-order valence-corrected chi connectivity index (χ1v) is 7.39. The monoisotopic (exact) mass is 266 g/mol. The quantitative estimate of drug-likeness (QED) is 0.792. The molecule has 0 saturated carbocycles. The number of hydrogen-bond acceptors (Lipinski definition) is 4. The van der Waals surface area contributed by atoms with Gasteiger partial charge in [0.05, 0.1) is 5.69 Å². The maximum atomic E-state index is 5.38.